The lowest BCUT2D eigenvalue weighted by Crippen LogP contribution is -2.59. The number of ether oxygens (including phenoxy) is 1. The SMILES string of the molecule is O=C(NC1(c2ccccc2)COC1)c1cc2cc(C(F)(F)F)ccc2[nH]1. The number of nitrogens with one attached hydrogen (secondary N) is 2. The van der Waals surface area contributed by atoms with Gasteiger partial charge in [0.2, 0.25) is 0 Å². The largest absolute Gasteiger partial charge is 0.416 e. The molecule has 0 radical (unpaired) electrons. The Kier molecular flexibility index (Phi) is 3.77. The van der Waals surface area contributed by atoms with Crippen molar-refractivity contribution in [1.82, 2.24) is 10.3 Å². The third kappa shape index (κ3) is 2.84. The fraction of sp³-hybridized carbons (Fsp3) is 0.211. The van der Waals surface area contributed by atoms with Gasteiger partial charge in [-0.3, -0.25) is 4.79 Å². The third-order valence-electron chi connectivity index (χ3n) is 4.57. The molecule has 1 amide bonds. The predicted molar refractivity (Wildman–Crippen MR) is 89.7 cm³/mol. The van der Waals surface area contributed by atoms with Crippen LogP contribution in [-0.2, 0) is 16.5 Å². The molecule has 3 aromatic rings. The summed E-state index contributed by atoms with van der Waals surface area (Å²) in [6.07, 6.45) is -4.42. The van der Waals surface area contributed by atoms with Gasteiger partial charge in [-0.1, -0.05) is 30.3 Å². The lowest BCUT2D eigenvalue weighted by molar-refractivity contribution is -0.137. The van der Waals surface area contributed by atoms with Gasteiger partial charge < -0.3 is 15.0 Å². The maximum absolute atomic E-state index is 12.8. The van der Waals surface area contributed by atoms with Crippen molar-refractivity contribution in [2.75, 3.05) is 13.2 Å². The maximum Gasteiger partial charge on any atom is 0.416 e. The van der Waals surface area contributed by atoms with Crippen LogP contribution in [0.1, 0.15) is 21.6 Å². The molecule has 26 heavy (non-hydrogen) atoms. The summed E-state index contributed by atoms with van der Waals surface area (Å²) in [6.45, 7) is 0.697. The van der Waals surface area contributed by atoms with E-state index in [0.29, 0.717) is 24.1 Å². The summed E-state index contributed by atoms with van der Waals surface area (Å²) in [6, 6.07) is 14.2. The van der Waals surface area contributed by atoms with Crippen molar-refractivity contribution in [1.29, 1.82) is 0 Å². The lowest BCUT2D eigenvalue weighted by Gasteiger charge is -2.42. The molecule has 4 rings (SSSR count). The summed E-state index contributed by atoms with van der Waals surface area (Å²) in [4.78, 5) is 15.5. The molecule has 2 heterocycles. The third-order valence-corrected chi connectivity index (χ3v) is 4.57. The van der Waals surface area contributed by atoms with Crippen LogP contribution in [0.4, 0.5) is 13.2 Å². The van der Waals surface area contributed by atoms with Crippen LogP contribution in [0.15, 0.2) is 54.6 Å². The summed E-state index contributed by atoms with van der Waals surface area (Å²) in [5.41, 5.74) is 0.245. The number of fused-ring (bicyclic) bond motifs is 1. The van der Waals surface area contributed by atoms with Crippen molar-refractivity contribution in [3.63, 3.8) is 0 Å². The quantitative estimate of drug-likeness (QED) is 0.746. The van der Waals surface area contributed by atoms with Gasteiger partial charge in [0.1, 0.15) is 11.2 Å². The second-order valence-corrected chi connectivity index (χ2v) is 6.38. The highest BCUT2D eigenvalue weighted by Crippen LogP contribution is 2.32. The molecule has 134 valence electrons. The summed E-state index contributed by atoms with van der Waals surface area (Å²) in [5, 5.41) is 3.29. The molecule has 2 aromatic carbocycles. The second kappa shape index (κ2) is 5.88. The Morgan fingerprint density at radius 1 is 1.08 bits per heavy atom. The van der Waals surface area contributed by atoms with Crippen LogP contribution in [0.5, 0.6) is 0 Å². The van der Waals surface area contributed by atoms with Gasteiger partial charge in [0, 0.05) is 10.9 Å². The molecular formula is C19H15F3N2O2. The molecule has 1 aliphatic heterocycles. The first kappa shape index (κ1) is 16.7. The number of aromatic amines is 1. The van der Waals surface area contributed by atoms with Gasteiger partial charge in [-0.05, 0) is 29.8 Å². The molecule has 1 fully saturated rings. The van der Waals surface area contributed by atoms with Gasteiger partial charge in [-0.15, -0.1) is 0 Å². The topological polar surface area (TPSA) is 54.1 Å². The van der Waals surface area contributed by atoms with Gasteiger partial charge in [-0.25, -0.2) is 0 Å². The molecule has 0 atom stereocenters. The number of halogens is 3. The molecule has 1 aromatic heterocycles. The van der Waals surface area contributed by atoms with E-state index in [1.54, 1.807) is 0 Å². The average Bonchev–Trinajstić information content (AvgIpc) is 3.01. The fourth-order valence-corrected chi connectivity index (χ4v) is 3.09. The predicted octanol–water partition coefficient (Wildman–Crippen LogP) is 3.84. The van der Waals surface area contributed by atoms with E-state index in [4.69, 9.17) is 4.74 Å². The zero-order valence-electron chi connectivity index (χ0n) is 13.6. The summed E-state index contributed by atoms with van der Waals surface area (Å²) in [5.74, 6) is -0.387. The second-order valence-electron chi connectivity index (χ2n) is 6.38. The molecule has 1 aliphatic rings. The van der Waals surface area contributed by atoms with Crippen molar-refractivity contribution in [3.05, 3.63) is 71.4 Å². The minimum atomic E-state index is -4.42. The van der Waals surface area contributed by atoms with E-state index in [-0.39, 0.29) is 11.6 Å². The maximum atomic E-state index is 12.8. The number of alkyl halides is 3. The molecule has 4 nitrogen and oxygen atoms in total. The molecule has 0 spiro atoms. The Labute approximate surface area is 147 Å². The molecule has 0 bridgehead atoms. The first-order valence-electron chi connectivity index (χ1n) is 8.03. The Morgan fingerprint density at radius 2 is 1.81 bits per heavy atom. The van der Waals surface area contributed by atoms with Crippen LogP contribution >= 0.6 is 0 Å². The molecule has 0 unspecified atom stereocenters. The number of hydrogen-bond donors (Lipinski definition) is 2. The number of benzene rings is 2. The van der Waals surface area contributed by atoms with E-state index >= 15 is 0 Å². The van der Waals surface area contributed by atoms with Crippen LogP contribution < -0.4 is 5.32 Å². The average molecular weight is 360 g/mol. The number of hydrogen-bond acceptors (Lipinski definition) is 2. The number of aromatic nitrogens is 1. The number of amides is 1. The van der Waals surface area contributed by atoms with Crippen molar-refractivity contribution in [2.45, 2.75) is 11.7 Å². The van der Waals surface area contributed by atoms with Gasteiger partial charge >= 0.3 is 6.18 Å². The van der Waals surface area contributed by atoms with Gasteiger partial charge in [0.25, 0.3) is 5.91 Å². The molecular weight excluding hydrogens is 345 g/mol. The van der Waals surface area contributed by atoms with Crippen molar-refractivity contribution >= 4 is 16.8 Å². The number of carbonyl (C=O) groups excluding carboxylic acids is 1. The minimum absolute atomic E-state index is 0.210. The minimum Gasteiger partial charge on any atom is -0.376 e. The van der Waals surface area contributed by atoms with E-state index in [1.807, 2.05) is 30.3 Å². The first-order valence-corrected chi connectivity index (χ1v) is 8.03. The molecule has 7 heteroatoms. The standard InChI is InChI=1S/C19H15F3N2O2/c20-19(21,22)14-6-7-15-12(8-14)9-16(23-15)17(25)24-18(10-26-11-18)13-4-2-1-3-5-13/h1-9,23H,10-11H2,(H,24,25). The zero-order valence-corrected chi connectivity index (χ0v) is 13.6. The Hall–Kier alpha value is -2.80. The molecule has 0 aliphatic carbocycles. The van der Waals surface area contributed by atoms with E-state index in [1.165, 1.54) is 12.1 Å². The highest BCUT2D eigenvalue weighted by Gasteiger charge is 2.42. The van der Waals surface area contributed by atoms with Crippen molar-refractivity contribution < 1.29 is 22.7 Å². The van der Waals surface area contributed by atoms with E-state index < -0.39 is 17.3 Å². The van der Waals surface area contributed by atoms with E-state index in [0.717, 1.165) is 17.7 Å². The van der Waals surface area contributed by atoms with E-state index in [2.05, 4.69) is 10.3 Å². The summed E-state index contributed by atoms with van der Waals surface area (Å²) < 4.78 is 43.8. The van der Waals surface area contributed by atoms with Gasteiger partial charge in [0.05, 0.1) is 18.8 Å². The highest BCUT2D eigenvalue weighted by atomic mass is 19.4. The molecule has 2 N–H and O–H groups in total. The molecule has 1 saturated heterocycles. The van der Waals surface area contributed by atoms with Crippen LogP contribution in [0.25, 0.3) is 10.9 Å². The molecule has 0 saturated carbocycles. The highest BCUT2D eigenvalue weighted by molar-refractivity contribution is 5.98. The Morgan fingerprint density at radius 3 is 2.42 bits per heavy atom. The fourth-order valence-electron chi connectivity index (χ4n) is 3.09. The first-order chi connectivity index (χ1) is 12.4. The van der Waals surface area contributed by atoms with Gasteiger partial charge in [0.15, 0.2) is 0 Å². The Bertz CT molecular complexity index is 960. The van der Waals surface area contributed by atoms with Crippen LogP contribution in [0.3, 0.4) is 0 Å². The van der Waals surface area contributed by atoms with Gasteiger partial charge in [-0.2, -0.15) is 13.2 Å². The van der Waals surface area contributed by atoms with Crippen molar-refractivity contribution in [3.8, 4) is 0 Å². The number of rotatable bonds is 3. The van der Waals surface area contributed by atoms with E-state index in [9.17, 15) is 18.0 Å². The van der Waals surface area contributed by atoms with Crippen molar-refractivity contribution in [2.24, 2.45) is 0 Å². The zero-order chi connectivity index (χ0) is 18.4. The smallest absolute Gasteiger partial charge is 0.376 e. The lowest BCUT2D eigenvalue weighted by atomic mass is 9.88. The summed E-state index contributed by atoms with van der Waals surface area (Å²) in [7, 11) is 0. The van der Waals surface area contributed by atoms with Crippen LogP contribution in [0, 0.1) is 0 Å². The monoisotopic (exact) mass is 360 g/mol. The van der Waals surface area contributed by atoms with Crippen LogP contribution in [-0.4, -0.2) is 24.1 Å². The normalized spacial score (nSPS) is 16.3. The Balaban J connectivity index is 1.62. The summed E-state index contributed by atoms with van der Waals surface area (Å²) >= 11 is 0. The number of carbonyl (C=O) groups is 1. The number of H-pyrrole nitrogens is 1. The van der Waals surface area contributed by atoms with Crippen LogP contribution in [0.2, 0.25) is 0 Å².